The molecule has 0 radical (unpaired) electrons. The van der Waals surface area contributed by atoms with E-state index in [0.29, 0.717) is 11.3 Å². The van der Waals surface area contributed by atoms with E-state index in [9.17, 15) is 13.2 Å². The highest BCUT2D eigenvalue weighted by atomic mass is 32.2. The van der Waals surface area contributed by atoms with Crippen LogP contribution in [0.5, 0.6) is 0 Å². The first-order chi connectivity index (χ1) is 11.8. The number of para-hydroxylation sites is 1. The number of amides is 1. The van der Waals surface area contributed by atoms with E-state index in [1.807, 2.05) is 36.4 Å². The van der Waals surface area contributed by atoms with Crippen molar-refractivity contribution in [3.8, 4) is 6.07 Å². The molecule has 0 N–H and O–H groups in total. The second-order valence-electron chi connectivity index (χ2n) is 5.54. The summed E-state index contributed by atoms with van der Waals surface area (Å²) in [6.07, 6.45) is 1.10. The number of hydrogen-bond acceptors (Lipinski definition) is 4. The Morgan fingerprint density at radius 2 is 1.72 bits per heavy atom. The number of nitriles is 1. The maximum absolute atomic E-state index is 12.4. The number of anilines is 2. The van der Waals surface area contributed by atoms with Crippen LogP contribution in [0.15, 0.2) is 54.6 Å². The van der Waals surface area contributed by atoms with Gasteiger partial charge < -0.3 is 4.90 Å². The van der Waals surface area contributed by atoms with Gasteiger partial charge >= 0.3 is 0 Å². The van der Waals surface area contributed by atoms with Gasteiger partial charge in [-0.15, -0.1) is 0 Å². The van der Waals surface area contributed by atoms with E-state index in [-0.39, 0.29) is 18.9 Å². The summed E-state index contributed by atoms with van der Waals surface area (Å²) >= 11 is 0. The molecule has 0 unspecified atom stereocenters. The second-order valence-corrected chi connectivity index (χ2v) is 7.44. The third-order valence-electron chi connectivity index (χ3n) is 3.71. The van der Waals surface area contributed by atoms with Gasteiger partial charge in [-0.3, -0.25) is 9.10 Å². The number of nitrogens with zero attached hydrogens (tertiary/aromatic N) is 3. The lowest BCUT2D eigenvalue weighted by Crippen LogP contribution is -2.35. The Balaban J connectivity index is 2.16. The summed E-state index contributed by atoms with van der Waals surface area (Å²) in [6.45, 7) is 0.00369. The number of hydrogen-bond donors (Lipinski definition) is 0. The molecule has 1 amide bonds. The highest BCUT2D eigenvalue weighted by Crippen LogP contribution is 2.20. The Morgan fingerprint density at radius 1 is 1.08 bits per heavy atom. The van der Waals surface area contributed by atoms with E-state index < -0.39 is 10.0 Å². The first-order valence-electron chi connectivity index (χ1n) is 7.62. The molecule has 25 heavy (non-hydrogen) atoms. The second kappa shape index (κ2) is 7.81. The zero-order valence-electron chi connectivity index (χ0n) is 14.1. The van der Waals surface area contributed by atoms with Crippen molar-refractivity contribution < 1.29 is 13.2 Å². The standard InChI is InChI=1S/C18H19N3O3S/c1-20(16-8-4-3-5-9-16)18(22)11-12-21(25(2,23)24)17-10-6-7-15(13-17)14-19/h3-10,13H,11-12H2,1-2H3. The van der Waals surface area contributed by atoms with Gasteiger partial charge in [-0.2, -0.15) is 5.26 Å². The van der Waals surface area contributed by atoms with Crippen LogP contribution in [0, 0.1) is 11.3 Å². The molecule has 2 rings (SSSR count). The summed E-state index contributed by atoms with van der Waals surface area (Å²) in [5.74, 6) is -0.198. The molecular formula is C18H19N3O3S. The summed E-state index contributed by atoms with van der Waals surface area (Å²) in [7, 11) is -1.92. The van der Waals surface area contributed by atoms with Crippen LogP contribution in [0.3, 0.4) is 0 Å². The van der Waals surface area contributed by atoms with Crippen molar-refractivity contribution in [3.05, 3.63) is 60.2 Å². The normalized spacial score (nSPS) is 10.8. The summed E-state index contributed by atoms with van der Waals surface area (Å²) in [5, 5.41) is 8.98. The first-order valence-corrected chi connectivity index (χ1v) is 9.47. The molecule has 0 fully saturated rings. The molecule has 130 valence electrons. The molecule has 0 aliphatic carbocycles. The molecule has 0 bridgehead atoms. The maximum atomic E-state index is 12.4. The van der Waals surface area contributed by atoms with Crippen molar-refractivity contribution in [2.45, 2.75) is 6.42 Å². The Kier molecular flexibility index (Phi) is 5.78. The molecule has 0 heterocycles. The van der Waals surface area contributed by atoms with Gasteiger partial charge in [-0.05, 0) is 30.3 Å². The summed E-state index contributed by atoms with van der Waals surface area (Å²) < 4.78 is 25.3. The van der Waals surface area contributed by atoms with Gasteiger partial charge in [0.15, 0.2) is 0 Å². The molecule has 0 aliphatic heterocycles. The van der Waals surface area contributed by atoms with E-state index in [1.165, 1.54) is 11.0 Å². The number of carbonyl (C=O) groups is 1. The minimum Gasteiger partial charge on any atom is -0.315 e. The lowest BCUT2D eigenvalue weighted by molar-refractivity contribution is -0.118. The quantitative estimate of drug-likeness (QED) is 0.795. The molecule has 2 aromatic rings. The molecular weight excluding hydrogens is 338 g/mol. The minimum absolute atomic E-state index is 0.00369. The largest absolute Gasteiger partial charge is 0.315 e. The maximum Gasteiger partial charge on any atom is 0.232 e. The van der Waals surface area contributed by atoms with Crippen molar-refractivity contribution in [2.75, 3.05) is 29.1 Å². The first kappa shape index (κ1) is 18.5. The van der Waals surface area contributed by atoms with Gasteiger partial charge in [-0.25, -0.2) is 8.42 Å². The van der Waals surface area contributed by atoms with Gasteiger partial charge in [0.1, 0.15) is 0 Å². The van der Waals surface area contributed by atoms with Crippen molar-refractivity contribution in [1.29, 1.82) is 5.26 Å². The van der Waals surface area contributed by atoms with Crippen molar-refractivity contribution in [3.63, 3.8) is 0 Å². The topological polar surface area (TPSA) is 81.5 Å². The van der Waals surface area contributed by atoms with Gasteiger partial charge in [0.2, 0.25) is 15.9 Å². The number of rotatable bonds is 6. The molecule has 0 atom stereocenters. The lowest BCUT2D eigenvalue weighted by atomic mass is 10.2. The van der Waals surface area contributed by atoms with Gasteiger partial charge in [0.25, 0.3) is 0 Å². The van der Waals surface area contributed by atoms with E-state index in [2.05, 4.69) is 0 Å². The third-order valence-corrected chi connectivity index (χ3v) is 4.90. The fourth-order valence-electron chi connectivity index (χ4n) is 2.38. The minimum atomic E-state index is -3.58. The van der Waals surface area contributed by atoms with Crippen LogP contribution < -0.4 is 9.21 Å². The number of benzene rings is 2. The van der Waals surface area contributed by atoms with Crippen molar-refractivity contribution in [1.82, 2.24) is 0 Å². The van der Waals surface area contributed by atoms with Crippen LogP contribution in [0.2, 0.25) is 0 Å². The monoisotopic (exact) mass is 357 g/mol. The van der Waals surface area contributed by atoms with Gasteiger partial charge in [-0.1, -0.05) is 24.3 Å². The molecule has 7 heteroatoms. The number of sulfonamides is 1. The summed E-state index contributed by atoms with van der Waals surface area (Å²) in [6, 6.07) is 17.4. The van der Waals surface area contributed by atoms with E-state index in [1.54, 1.807) is 25.2 Å². The van der Waals surface area contributed by atoms with Crippen molar-refractivity contribution in [2.24, 2.45) is 0 Å². The Labute approximate surface area is 148 Å². The predicted molar refractivity (Wildman–Crippen MR) is 97.8 cm³/mol. The molecule has 0 saturated carbocycles. The molecule has 0 spiro atoms. The highest BCUT2D eigenvalue weighted by molar-refractivity contribution is 7.92. The van der Waals surface area contributed by atoms with Crippen LogP contribution in [-0.2, 0) is 14.8 Å². The third kappa shape index (κ3) is 4.81. The molecule has 0 aromatic heterocycles. The van der Waals surface area contributed by atoms with Gasteiger partial charge in [0.05, 0.1) is 23.6 Å². The highest BCUT2D eigenvalue weighted by Gasteiger charge is 2.20. The zero-order chi connectivity index (χ0) is 18.4. The average Bonchev–Trinajstić information content (AvgIpc) is 2.61. The zero-order valence-corrected chi connectivity index (χ0v) is 14.9. The predicted octanol–water partition coefficient (Wildman–Crippen LogP) is 2.38. The molecule has 0 aliphatic rings. The fourth-order valence-corrected chi connectivity index (χ4v) is 3.30. The molecule has 6 nitrogen and oxygen atoms in total. The van der Waals surface area contributed by atoms with Crippen LogP contribution in [0.4, 0.5) is 11.4 Å². The Morgan fingerprint density at radius 3 is 2.32 bits per heavy atom. The molecule has 0 saturated heterocycles. The molecule has 2 aromatic carbocycles. The average molecular weight is 357 g/mol. The van der Waals surface area contributed by atoms with Crippen LogP contribution in [0.25, 0.3) is 0 Å². The van der Waals surface area contributed by atoms with Gasteiger partial charge in [0, 0.05) is 25.7 Å². The van der Waals surface area contributed by atoms with E-state index in [4.69, 9.17) is 5.26 Å². The Hall–Kier alpha value is -2.85. The number of carbonyl (C=O) groups excluding carboxylic acids is 1. The van der Waals surface area contributed by atoms with Crippen molar-refractivity contribution >= 4 is 27.3 Å². The fraction of sp³-hybridized carbons (Fsp3) is 0.222. The summed E-state index contributed by atoms with van der Waals surface area (Å²) in [5.41, 5.74) is 1.47. The Bertz CT molecular complexity index is 889. The van der Waals surface area contributed by atoms with Crippen LogP contribution in [-0.4, -0.2) is 34.2 Å². The van der Waals surface area contributed by atoms with E-state index in [0.717, 1.165) is 16.2 Å². The SMILES string of the molecule is CN(C(=O)CCN(c1cccc(C#N)c1)S(C)(=O)=O)c1ccccc1. The van der Waals surface area contributed by atoms with Crippen LogP contribution >= 0.6 is 0 Å². The summed E-state index contributed by atoms with van der Waals surface area (Å²) in [4.78, 5) is 13.9. The van der Waals surface area contributed by atoms with Crippen LogP contribution in [0.1, 0.15) is 12.0 Å². The lowest BCUT2D eigenvalue weighted by Gasteiger charge is -2.24. The smallest absolute Gasteiger partial charge is 0.232 e. The van der Waals surface area contributed by atoms with E-state index >= 15 is 0 Å².